The smallest absolute Gasteiger partial charge is 0.315 e. The number of likely N-dealkylation sites (tertiary alicyclic amines) is 1. The number of carbonyl (C=O) groups excluding carboxylic acids is 2. The molecule has 2 heterocycles. The van der Waals surface area contributed by atoms with Crippen molar-refractivity contribution in [2.24, 2.45) is 5.41 Å². The van der Waals surface area contributed by atoms with Crippen LogP contribution in [0.5, 0.6) is 0 Å². The zero-order valence-corrected chi connectivity index (χ0v) is 16.9. The summed E-state index contributed by atoms with van der Waals surface area (Å²) in [6, 6.07) is 1.76. The largest absolute Gasteiger partial charge is 0.466 e. The number of furan rings is 1. The van der Waals surface area contributed by atoms with E-state index in [1.807, 2.05) is 17.9 Å². The average molecular weight is 376 g/mol. The Labute approximate surface area is 162 Å². The van der Waals surface area contributed by atoms with Crippen LogP contribution in [0.1, 0.15) is 75.5 Å². The molecular weight excluding hydrogens is 342 g/mol. The molecule has 0 bridgehead atoms. The lowest BCUT2D eigenvalue weighted by atomic mass is 9.75. The maximum Gasteiger partial charge on any atom is 0.315 e. The third kappa shape index (κ3) is 5.27. The average Bonchev–Trinajstić information content (AvgIpc) is 2.80. The number of hydrogen-bond donors (Lipinski definition) is 2. The lowest BCUT2D eigenvalue weighted by molar-refractivity contribution is -0.131. The van der Waals surface area contributed by atoms with Gasteiger partial charge in [0.05, 0.1) is 6.04 Å². The Bertz CT molecular complexity index is 672. The molecular formula is C21H33N3O3. The van der Waals surface area contributed by atoms with Crippen LogP contribution >= 0.6 is 0 Å². The second-order valence-corrected chi connectivity index (χ2v) is 8.78. The number of nitrogens with zero attached hydrogens (tertiary/aromatic N) is 1. The molecule has 1 aliphatic carbocycles. The number of carbonyl (C=O) groups is 2. The van der Waals surface area contributed by atoms with Crippen LogP contribution in [0.25, 0.3) is 0 Å². The minimum absolute atomic E-state index is 0.0532. The number of amides is 3. The molecule has 0 spiro atoms. The third-order valence-corrected chi connectivity index (χ3v) is 5.62. The van der Waals surface area contributed by atoms with Crippen molar-refractivity contribution in [3.05, 3.63) is 23.2 Å². The highest BCUT2D eigenvalue weighted by Gasteiger charge is 2.35. The topological polar surface area (TPSA) is 74.6 Å². The number of nitrogens with one attached hydrogen (secondary N) is 2. The summed E-state index contributed by atoms with van der Waals surface area (Å²) in [5, 5.41) is 5.92. The summed E-state index contributed by atoms with van der Waals surface area (Å²) in [6.45, 7) is 8.40. The summed E-state index contributed by atoms with van der Waals surface area (Å²) in [7, 11) is 0. The first-order chi connectivity index (χ1) is 12.8. The predicted octanol–water partition coefficient (Wildman–Crippen LogP) is 3.69. The van der Waals surface area contributed by atoms with E-state index < -0.39 is 0 Å². The van der Waals surface area contributed by atoms with E-state index in [0.29, 0.717) is 13.0 Å². The fourth-order valence-electron chi connectivity index (χ4n) is 4.28. The van der Waals surface area contributed by atoms with Crippen molar-refractivity contribution < 1.29 is 14.0 Å². The second-order valence-electron chi connectivity index (χ2n) is 8.78. The minimum Gasteiger partial charge on any atom is -0.466 e. The van der Waals surface area contributed by atoms with Gasteiger partial charge in [-0.15, -0.1) is 0 Å². The van der Waals surface area contributed by atoms with E-state index in [9.17, 15) is 9.59 Å². The van der Waals surface area contributed by atoms with Gasteiger partial charge in [-0.25, -0.2) is 4.79 Å². The molecule has 1 unspecified atom stereocenters. The van der Waals surface area contributed by atoms with Crippen molar-refractivity contribution >= 4 is 11.9 Å². The summed E-state index contributed by atoms with van der Waals surface area (Å²) in [6.07, 6.45) is 6.71. The molecule has 1 aromatic rings. The molecule has 0 saturated carbocycles. The van der Waals surface area contributed by atoms with Gasteiger partial charge in [0, 0.05) is 38.0 Å². The van der Waals surface area contributed by atoms with E-state index in [1.54, 1.807) is 0 Å². The standard InChI is InChI=1S/C21H33N3O3/c1-15-12-16-17(13-21(2,3)14-18(16)27-15)23-20(26)22-9-8-19(25)24-10-6-4-5-7-11-24/h12,17H,4-11,13-14H2,1-3H3,(H2,22,23,26). The van der Waals surface area contributed by atoms with Crippen LogP contribution in [0.15, 0.2) is 10.5 Å². The first kappa shape index (κ1) is 19.8. The molecule has 6 heteroatoms. The Morgan fingerprint density at radius 3 is 2.63 bits per heavy atom. The van der Waals surface area contributed by atoms with Gasteiger partial charge in [-0.3, -0.25) is 4.79 Å². The molecule has 3 amide bonds. The summed E-state index contributed by atoms with van der Waals surface area (Å²) >= 11 is 0. The molecule has 3 rings (SSSR count). The number of urea groups is 1. The van der Waals surface area contributed by atoms with E-state index in [2.05, 4.69) is 24.5 Å². The quantitative estimate of drug-likeness (QED) is 0.843. The molecule has 6 nitrogen and oxygen atoms in total. The molecule has 0 radical (unpaired) electrons. The number of aryl methyl sites for hydroxylation is 1. The van der Waals surface area contributed by atoms with Crippen LogP contribution in [0.3, 0.4) is 0 Å². The Kier molecular flexibility index (Phi) is 6.12. The molecule has 1 aromatic heterocycles. The van der Waals surface area contributed by atoms with Gasteiger partial charge in [0.1, 0.15) is 11.5 Å². The maximum atomic E-state index is 12.4. The Balaban J connectivity index is 1.48. The molecule has 1 aliphatic heterocycles. The molecule has 27 heavy (non-hydrogen) atoms. The molecule has 0 aromatic carbocycles. The van der Waals surface area contributed by atoms with Gasteiger partial charge in [-0.05, 0) is 37.7 Å². The Morgan fingerprint density at radius 2 is 1.93 bits per heavy atom. The number of hydrogen-bond acceptors (Lipinski definition) is 3. The van der Waals surface area contributed by atoms with Crippen LogP contribution < -0.4 is 10.6 Å². The highest BCUT2D eigenvalue weighted by atomic mass is 16.3. The normalized spacial score (nSPS) is 21.9. The van der Waals surface area contributed by atoms with Gasteiger partial charge in [0.25, 0.3) is 0 Å². The van der Waals surface area contributed by atoms with Gasteiger partial charge >= 0.3 is 6.03 Å². The third-order valence-electron chi connectivity index (χ3n) is 5.62. The summed E-state index contributed by atoms with van der Waals surface area (Å²) in [5.41, 5.74) is 1.17. The molecule has 150 valence electrons. The lowest BCUT2D eigenvalue weighted by Gasteiger charge is -2.34. The van der Waals surface area contributed by atoms with Crippen molar-refractivity contribution in [2.45, 2.75) is 71.8 Å². The van der Waals surface area contributed by atoms with Crippen LogP contribution in [-0.4, -0.2) is 36.5 Å². The zero-order valence-electron chi connectivity index (χ0n) is 16.9. The van der Waals surface area contributed by atoms with E-state index in [0.717, 1.165) is 55.9 Å². The SMILES string of the molecule is Cc1cc2c(o1)CC(C)(C)CC2NC(=O)NCCC(=O)N1CCCCCC1. The van der Waals surface area contributed by atoms with Crippen LogP contribution in [0, 0.1) is 12.3 Å². The van der Waals surface area contributed by atoms with Crippen molar-refractivity contribution in [1.82, 2.24) is 15.5 Å². The fraction of sp³-hybridized carbons (Fsp3) is 0.714. The van der Waals surface area contributed by atoms with Crippen LogP contribution in [0.4, 0.5) is 4.79 Å². The highest BCUT2D eigenvalue weighted by Crippen LogP contribution is 2.41. The first-order valence-corrected chi connectivity index (χ1v) is 10.3. The number of fused-ring (bicyclic) bond motifs is 1. The number of rotatable bonds is 4. The summed E-state index contributed by atoms with van der Waals surface area (Å²) < 4.78 is 5.82. The molecule has 1 fully saturated rings. The van der Waals surface area contributed by atoms with Crippen molar-refractivity contribution in [3.8, 4) is 0 Å². The van der Waals surface area contributed by atoms with Crippen LogP contribution in [-0.2, 0) is 11.2 Å². The van der Waals surface area contributed by atoms with Gasteiger partial charge in [0.15, 0.2) is 0 Å². The van der Waals surface area contributed by atoms with Crippen molar-refractivity contribution in [3.63, 3.8) is 0 Å². The minimum atomic E-state index is -0.217. The lowest BCUT2D eigenvalue weighted by Crippen LogP contribution is -2.42. The van der Waals surface area contributed by atoms with E-state index in [1.165, 1.54) is 12.8 Å². The summed E-state index contributed by atoms with van der Waals surface area (Å²) in [5.74, 6) is 2.00. The first-order valence-electron chi connectivity index (χ1n) is 10.3. The zero-order chi connectivity index (χ0) is 19.4. The maximum absolute atomic E-state index is 12.4. The molecule has 2 N–H and O–H groups in total. The van der Waals surface area contributed by atoms with Crippen molar-refractivity contribution in [1.29, 1.82) is 0 Å². The molecule has 1 atom stereocenters. The van der Waals surface area contributed by atoms with Gasteiger partial charge < -0.3 is 20.0 Å². The Morgan fingerprint density at radius 1 is 1.22 bits per heavy atom. The summed E-state index contributed by atoms with van der Waals surface area (Å²) in [4.78, 5) is 26.6. The van der Waals surface area contributed by atoms with Gasteiger partial charge in [-0.1, -0.05) is 26.7 Å². The van der Waals surface area contributed by atoms with Gasteiger partial charge in [0.2, 0.25) is 5.91 Å². The van der Waals surface area contributed by atoms with Crippen molar-refractivity contribution in [2.75, 3.05) is 19.6 Å². The predicted molar refractivity (Wildman–Crippen MR) is 104 cm³/mol. The molecule has 1 saturated heterocycles. The highest BCUT2D eigenvalue weighted by molar-refractivity contribution is 5.78. The van der Waals surface area contributed by atoms with Crippen LogP contribution in [0.2, 0.25) is 0 Å². The fourth-order valence-corrected chi connectivity index (χ4v) is 4.28. The van der Waals surface area contributed by atoms with E-state index in [-0.39, 0.29) is 23.4 Å². The Hall–Kier alpha value is -1.98. The van der Waals surface area contributed by atoms with Gasteiger partial charge in [-0.2, -0.15) is 0 Å². The van der Waals surface area contributed by atoms with E-state index in [4.69, 9.17) is 4.42 Å². The monoisotopic (exact) mass is 375 g/mol. The van der Waals surface area contributed by atoms with E-state index >= 15 is 0 Å². The second kappa shape index (κ2) is 8.36. The molecule has 2 aliphatic rings.